The molecule has 1 unspecified atom stereocenters. The van der Waals surface area contributed by atoms with Crippen LogP contribution >= 0.6 is 0 Å². The van der Waals surface area contributed by atoms with Gasteiger partial charge in [0.25, 0.3) is 0 Å². The molecule has 0 aliphatic carbocycles. The Balaban J connectivity index is 3.49. The molecule has 0 aromatic heterocycles. The molecule has 72 valence electrons. The van der Waals surface area contributed by atoms with E-state index in [1.807, 2.05) is 6.92 Å². The fourth-order valence-corrected chi connectivity index (χ4v) is 0.892. The lowest BCUT2D eigenvalue weighted by atomic mass is 9.96. The first-order valence-corrected chi connectivity index (χ1v) is 4.31. The van der Waals surface area contributed by atoms with E-state index in [4.69, 9.17) is 0 Å². The zero-order valence-corrected chi connectivity index (χ0v) is 8.09. The highest BCUT2D eigenvalue weighted by Gasteiger charge is 2.17. The van der Waals surface area contributed by atoms with Crippen LogP contribution in [0.15, 0.2) is 0 Å². The Morgan fingerprint density at radius 3 is 2.58 bits per heavy atom. The Labute approximate surface area is 73.7 Å². The topological polar surface area (TPSA) is 46.5 Å². The van der Waals surface area contributed by atoms with E-state index in [0.29, 0.717) is 25.7 Å². The molecule has 0 saturated carbocycles. The van der Waals surface area contributed by atoms with Crippen LogP contribution in [-0.4, -0.2) is 23.8 Å². The van der Waals surface area contributed by atoms with Crippen molar-refractivity contribution in [3.05, 3.63) is 0 Å². The summed E-state index contributed by atoms with van der Waals surface area (Å²) in [6.07, 6.45) is 2.45. The molecule has 3 heteroatoms. The molecule has 0 aliphatic rings. The Bertz CT molecular complexity index is 141. The molecule has 0 spiro atoms. The Hall–Kier alpha value is -0.570. The lowest BCUT2D eigenvalue weighted by Crippen LogP contribution is -2.22. The van der Waals surface area contributed by atoms with Gasteiger partial charge in [-0.25, -0.2) is 0 Å². The highest BCUT2D eigenvalue weighted by atomic mass is 16.5. The van der Waals surface area contributed by atoms with Gasteiger partial charge in [-0.3, -0.25) is 4.79 Å². The summed E-state index contributed by atoms with van der Waals surface area (Å²) in [6.45, 7) is 3.71. The minimum atomic E-state index is -0.631. The van der Waals surface area contributed by atoms with Crippen molar-refractivity contribution in [1.29, 1.82) is 0 Å². The van der Waals surface area contributed by atoms with Gasteiger partial charge in [0.1, 0.15) is 0 Å². The van der Waals surface area contributed by atoms with Gasteiger partial charge in [0.15, 0.2) is 0 Å². The summed E-state index contributed by atoms with van der Waals surface area (Å²) in [5.41, 5.74) is -0.631. The molecule has 12 heavy (non-hydrogen) atoms. The first-order chi connectivity index (χ1) is 5.52. The maximum absolute atomic E-state index is 10.7. The molecular weight excluding hydrogens is 156 g/mol. The molecule has 0 heterocycles. The summed E-state index contributed by atoms with van der Waals surface area (Å²) in [5, 5.41) is 9.56. The number of carbonyl (C=O) groups is 1. The van der Waals surface area contributed by atoms with Crippen LogP contribution in [0.1, 0.15) is 39.5 Å². The number of aliphatic hydroxyl groups is 1. The quantitative estimate of drug-likeness (QED) is 0.642. The lowest BCUT2D eigenvalue weighted by molar-refractivity contribution is -0.140. The molecule has 0 bridgehead atoms. The van der Waals surface area contributed by atoms with E-state index in [1.54, 1.807) is 6.92 Å². The minimum absolute atomic E-state index is 0.207. The maximum Gasteiger partial charge on any atom is 0.305 e. The number of esters is 1. The molecule has 1 N–H and O–H groups in total. The van der Waals surface area contributed by atoms with E-state index in [9.17, 15) is 9.90 Å². The number of hydrogen-bond donors (Lipinski definition) is 1. The van der Waals surface area contributed by atoms with Gasteiger partial charge in [-0.15, -0.1) is 0 Å². The summed E-state index contributed by atoms with van der Waals surface area (Å²) in [6, 6.07) is 0. The summed E-state index contributed by atoms with van der Waals surface area (Å²) in [5.74, 6) is -0.207. The van der Waals surface area contributed by atoms with Crippen LogP contribution in [0.5, 0.6) is 0 Å². The second kappa shape index (κ2) is 5.14. The molecule has 0 saturated heterocycles. The van der Waals surface area contributed by atoms with Crippen molar-refractivity contribution in [2.24, 2.45) is 0 Å². The predicted octanol–water partition coefficient (Wildman–Crippen LogP) is 1.49. The molecule has 0 fully saturated rings. The van der Waals surface area contributed by atoms with Gasteiger partial charge in [0.05, 0.1) is 12.7 Å². The fraction of sp³-hybridized carbons (Fsp3) is 0.889. The van der Waals surface area contributed by atoms with Gasteiger partial charge in [-0.05, 0) is 26.2 Å². The highest BCUT2D eigenvalue weighted by molar-refractivity contribution is 5.68. The molecular formula is C9H18O3. The molecule has 0 aliphatic heterocycles. The van der Waals surface area contributed by atoms with Crippen LogP contribution in [0, 0.1) is 0 Å². The number of methoxy groups -OCH3 is 1. The molecule has 0 amide bonds. The number of hydrogen-bond acceptors (Lipinski definition) is 3. The molecule has 3 nitrogen and oxygen atoms in total. The SMILES string of the molecule is CCC(C)(O)CCCC(=O)OC. The first-order valence-electron chi connectivity index (χ1n) is 4.31. The van der Waals surface area contributed by atoms with E-state index < -0.39 is 5.60 Å². The first kappa shape index (κ1) is 11.4. The zero-order chi connectivity index (χ0) is 9.61. The lowest BCUT2D eigenvalue weighted by Gasteiger charge is -2.20. The van der Waals surface area contributed by atoms with Crippen LogP contribution in [-0.2, 0) is 9.53 Å². The summed E-state index contributed by atoms with van der Waals surface area (Å²) >= 11 is 0. The van der Waals surface area contributed by atoms with Gasteiger partial charge >= 0.3 is 5.97 Å². The zero-order valence-electron chi connectivity index (χ0n) is 8.09. The van der Waals surface area contributed by atoms with Gasteiger partial charge in [-0.2, -0.15) is 0 Å². The maximum atomic E-state index is 10.7. The fourth-order valence-electron chi connectivity index (χ4n) is 0.892. The number of ether oxygens (including phenoxy) is 1. The summed E-state index contributed by atoms with van der Waals surface area (Å²) in [7, 11) is 1.38. The second-order valence-electron chi connectivity index (χ2n) is 3.28. The Kier molecular flexibility index (Phi) is 4.90. The monoisotopic (exact) mass is 174 g/mol. The van der Waals surface area contributed by atoms with Crippen LogP contribution < -0.4 is 0 Å². The third kappa shape index (κ3) is 5.13. The highest BCUT2D eigenvalue weighted by Crippen LogP contribution is 2.16. The van der Waals surface area contributed by atoms with Crippen molar-refractivity contribution < 1.29 is 14.6 Å². The van der Waals surface area contributed by atoms with Crippen LogP contribution in [0.25, 0.3) is 0 Å². The average molecular weight is 174 g/mol. The molecule has 0 aromatic rings. The minimum Gasteiger partial charge on any atom is -0.469 e. The van der Waals surface area contributed by atoms with E-state index in [-0.39, 0.29) is 5.97 Å². The standard InChI is InChI=1S/C9H18O3/c1-4-9(2,11)7-5-6-8(10)12-3/h11H,4-7H2,1-3H3. The van der Waals surface area contributed by atoms with E-state index in [0.717, 1.165) is 0 Å². The largest absolute Gasteiger partial charge is 0.469 e. The number of carbonyl (C=O) groups excluding carboxylic acids is 1. The third-order valence-electron chi connectivity index (χ3n) is 2.09. The van der Waals surface area contributed by atoms with E-state index in [2.05, 4.69) is 4.74 Å². The van der Waals surface area contributed by atoms with Crippen molar-refractivity contribution in [3.63, 3.8) is 0 Å². The Morgan fingerprint density at radius 2 is 2.17 bits per heavy atom. The van der Waals surface area contributed by atoms with Crippen LogP contribution in [0.4, 0.5) is 0 Å². The van der Waals surface area contributed by atoms with E-state index in [1.165, 1.54) is 7.11 Å². The van der Waals surface area contributed by atoms with Crippen molar-refractivity contribution in [2.75, 3.05) is 7.11 Å². The van der Waals surface area contributed by atoms with Gasteiger partial charge < -0.3 is 9.84 Å². The van der Waals surface area contributed by atoms with Crippen molar-refractivity contribution in [3.8, 4) is 0 Å². The van der Waals surface area contributed by atoms with Crippen molar-refractivity contribution >= 4 is 5.97 Å². The van der Waals surface area contributed by atoms with Gasteiger partial charge in [0, 0.05) is 6.42 Å². The summed E-state index contributed by atoms with van der Waals surface area (Å²) in [4.78, 5) is 10.7. The van der Waals surface area contributed by atoms with Crippen molar-refractivity contribution in [1.82, 2.24) is 0 Å². The molecule has 1 atom stereocenters. The van der Waals surface area contributed by atoms with E-state index >= 15 is 0 Å². The van der Waals surface area contributed by atoms with Crippen LogP contribution in [0.2, 0.25) is 0 Å². The smallest absolute Gasteiger partial charge is 0.305 e. The Morgan fingerprint density at radius 1 is 1.58 bits per heavy atom. The summed E-state index contributed by atoms with van der Waals surface area (Å²) < 4.78 is 4.48. The average Bonchev–Trinajstić information content (AvgIpc) is 2.04. The van der Waals surface area contributed by atoms with Gasteiger partial charge in [0.2, 0.25) is 0 Å². The molecule has 0 rings (SSSR count). The second-order valence-corrected chi connectivity index (χ2v) is 3.28. The third-order valence-corrected chi connectivity index (χ3v) is 2.09. The van der Waals surface area contributed by atoms with Crippen LogP contribution in [0.3, 0.4) is 0 Å². The normalized spacial score (nSPS) is 15.3. The van der Waals surface area contributed by atoms with Gasteiger partial charge in [-0.1, -0.05) is 6.92 Å². The predicted molar refractivity (Wildman–Crippen MR) is 46.8 cm³/mol. The number of rotatable bonds is 5. The van der Waals surface area contributed by atoms with Crippen molar-refractivity contribution in [2.45, 2.75) is 45.1 Å². The molecule has 0 radical (unpaired) electrons. The molecule has 0 aromatic carbocycles.